The lowest BCUT2D eigenvalue weighted by atomic mass is 10.00. The summed E-state index contributed by atoms with van der Waals surface area (Å²) in [6.07, 6.45) is 0. The molecule has 1 aromatic heterocycles. The van der Waals surface area contributed by atoms with Crippen molar-refractivity contribution in [1.82, 2.24) is 0 Å². The third-order valence-corrected chi connectivity index (χ3v) is 6.10. The van der Waals surface area contributed by atoms with Crippen LogP contribution in [0.15, 0.2) is 59.3 Å². The molecule has 1 aliphatic rings. The Labute approximate surface area is 174 Å². The topological polar surface area (TPSA) is 49.9 Å². The summed E-state index contributed by atoms with van der Waals surface area (Å²) in [5, 5.41) is 3.86. The third kappa shape index (κ3) is 3.40. The van der Waals surface area contributed by atoms with E-state index in [1.807, 2.05) is 61.0 Å². The maximum atomic E-state index is 13.7. The van der Waals surface area contributed by atoms with E-state index in [1.54, 1.807) is 29.0 Å². The number of nitrogens with zero attached hydrogens (tertiary/aromatic N) is 2. The molecule has 4 rings (SSSR count). The molecule has 1 unspecified atom stereocenters. The summed E-state index contributed by atoms with van der Waals surface area (Å²) in [7, 11) is 1.60. The van der Waals surface area contributed by atoms with Crippen LogP contribution in [0.5, 0.6) is 5.75 Å². The average molecular weight is 407 g/mol. The first kappa shape index (κ1) is 19.2. The summed E-state index contributed by atoms with van der Waals surface area (Å²) < 4.78 is 5.23. The number of hydrogen-bond donors (Lipinski definition) is 0. The van der Waals surface area contributed by atoms with Gasteiger partial charge >= 0.3 is 0 Å². The molecule has 3 aromatic rings. The number of carbonyl (C=O) groups is 2. The molecule has 6 heteroatoms. The zero-order chi connectivity index (χ0) is 20.5. The second-order valence-electron chi connectivity index (χ2n) is 7.06. The second kappa shape index (κ2) is 7.72. The number of hydrogen-bond acceptors (Lipinski definition) is 4. The highest BCUT2D eigenvalue weighted by Gasteiger charge is 2.42. The Bertz CT molecular complexity index is 1040. The van der Waals surface area contributed by atoms with Gasteiger partial charge in [-0.2, -0.15) is 11.3 Å². The quantitative estimate of drug-likeness (QED) is 0.641. The van der Waals surface area contributed by atoms with Crippen LogP contribution in [0.4, 0.5) is 11.4 Å². The Balaban J connectivity index is 1.79. The summed E-state index contributed by atoms with van der Waals surface area (Å²) in [5.41, 5.74) is 4.39. The van der Waals surface area contributed by atoms with Gasteiger partial charge < -0.3 is 9.64 Å². The Morgan fingerprint density at radius 3 is 2.45 bits per heavy atom. The lowest BCUT2D eigenvalue weighted by Gasteiger charge is -2.40. The first-order valence-electron chi connectivity index (χ1n) is 9.37. The molecule has 0 radical (unpaired) electrons. The second-order valence-corrected chi connectivity index (χ2v) is 7.84. The van der Waals surface area contributed by atoms with E-state index in [4.69, 9.17) is 4.74 Å². The van der Waals surface area contributed by atoms with Crippen LogP contribution >= 0.6 is 11.3 Å². The summed E-state index contributed by atoms with van der Waals surface area (Å²) >= 11 is 1.51. The molecule has 0 spiro atoms. The van der Waals surface area contributed by atoms with Crippen LogP contribution in [0.2, 0.25) is 0 Å². The van der Waals surface area contributed by atoms with Crippen LogP contribution in [-0.2, 0) is 9.59 Å². The fourth-order valence-corrected chi connectivity index (χ4v) is 4.36. The van der Waals surface area contributed by atoms with Gasteiger partial charge in [0.1, 0.15) is 18.3 Å². The Kier molecular flexibility index (Phi) is 5.11. The molecule has 0 N–H and O–H groups in total. The molecule has 1 fully saturated rings. The van der Waals surface area contributed by atoms with Crippen molar-refractivity contribution in [3.8, 4) is 5.75 Å². The number of thiophene rings is 1. The average Bonchev–Trinajstić information content (AvgIpc) is 3.26. The number of methoxy groups -OCH3 is 1. The van der Waals surface area contributed by atoms with Gasteiger partial charge in [0.15, 0.2) is 0 Å². The summed E-state index contributed by atoms with van der Waals surface area (Å²) in [6, 6.07) is 14.3. The van der Waals surface area contributed by atoms with Gasteiger partial charge in [-0.3, -0.25) is 14.5 Å². The first-order valence-corrected chi connectivity index (χ1v) is 10.3. The van der Waals surface area contributed by atoms with Gasteiger partial charge in [0.2, 0.25) is 5.91 Å². The molecular weight excluding hydrogens is 384 g/mol. The van der Waals surface area contributed by atoms with E-state index in [2.05, 4.69) is 0 Å². The number of aryl methyl sites for hydroxylation is 1. The van der Waals surface area contributed by atoms with Crippen molar-refractivity contribution in [3.05, 3.63) is 76.0 Å². The van der Waals surface area contributed by atoms with E-state index in [1.165, 1.54) is 11.3 Å². The molecule has 0 aliphatic carbocycles. The van der Waals surface area contributed by atoms with E-state index < -0.39 is 6.04 Å². The summed E-state index contributed by atoms with van der Waals surface area (Å²) in [4.78, 5) is 30.2. The van der Waals surface area contributed by atoms with E-state index in [-0.39, 0.29) is 18.4 Å². The van der Waals surface area contributed by atoms with Gasteiger partial charge in [0, 0.05) is 11.4 Å². The smallest absolute Gasteiger partial charge is 0.255 e. The van der Waals surface area contributed by atoms with Crippen LogP contribution < -0.4 is 14.5 Å². The molecule has 1 atom stereocenters. The van der Waals surface area contributed by atoms with E-state index >= 15 is 0 Å². The van der Waals surface area contributed by atoms with Crippen LogP contribution in [0, 0.1) is 13.8 Å². The maximum Gasteiger partial charge on any atom is 0.255 e. The molecule has 5 nitrogen and oxygen atoms in total. The largest absolute Gasteiger partial charge is 0.497 e. The molecule has 2 aromatic carbocycles. The van der Waals surface area contributed by atoms with E-state index in [9.17, 15) is 9.59 Å². The number of rotatable bonds is 4. The van der Waals surface area contributed by atoms with Gasteiger partial charge in [-0.25, -0.2) is 0 Å². The van der Waals surface area contributed by atoms with Gasteiger partial charge in [-0.05, 0) is 77.7 Å². The zero-order valence-electron chi connectivity index (χ0n) is 16.6. The Morgan fingerprint density at radius 2 is 1.79 bits per heavy atom. The first-order chi connectivity index (χ1) is 14.0. The minimum absolute atomic E-state index is 0.00972. The number of anilines is 2. The molecule has 0 bridgehead atoms. The summed E-state index contributed by atoms with van der Waals surface area (Å²) in [5.74, 6) is 0.480. The van der Waals surface area contributed by atoms with Crippen LogP contribution in [0.25, 0.3) is 0 Å². The maximum absolute atomic E-state index is 13.7. The fourth-order valence-electron chi connectivity index (χ4n) is 3.68. The molecule has 0 saturated carbocycles. The van der Waals surface area contributed by atoms with E-state index in [0.717, 1.165) is 22.4 Å². The molecule has 148 valence electrons. The lowest BCUT2D eigenvalue weighted by Crippen LogP contribution is -2.56. The van der Waals surface area contributed by atoms with Crippen LogP contribution in [0.3, 0.4) is 0 Å². The number of benzene rings is 2. The van der Waals surface area contributed by atoms with Crippen molar-refractivity contribution < 1.29 is 14.3 Å². The van der Waals surface area contributed by atoms with E-state index in [0.29, 0.717) is 11.4 Å². The fraction of sp³-hybridized carbons (Fsp3) is 0.217. The normalized spacial score (nSPS) is 17.0. The van der Waals surface area contributed by atoms with Crippen molar-refractivity contribution in [2.24, 2.45) is 0 Å². The van der Waals surface area contributed by atoms with Crippen molar-refractivity contribution in [2.45, 2.75) is 19.9 Å². The zero-order valence-corrected chi connectivity index (χ0v) is 17.4. The molecule has 2 heterocycles. The highest BCUT2D eigenvalue weighted by molar-refractivity contribution is 7.08. The van der Waals surface area contributed by atoms with Crippen molar-refractivity contribution in [1.29, 1.82) is 0 Å². The minimum atomic E-state index is -0.698. The van der Waals surface area contributed by atoms with Crippen LogP contribution in [0.1, 0.15) is 22.7 Å². The molecule has 1 aliphatic heterocycles. The molecule has 1 saturated heterocycles. The third-order valence-electron chi connectivity index (χ3n) is 5.40. The highest BCUT2D eigenvalue weighted by atomic mass is 32.1. The standard InChI is InChI=1S/C23H22N2O3S/c1-15-5-4-6-20(16(15)2)24-13-21(26)25(18-7-9-19(28-3)10-8-18)22(23(24)27)17-11-12-29-14-17/h4-12,14,22H,13H2,1-3H3. The molecular formula is C23H22N2O3S. The highest BCUT2D eigenvalue weighted by Crippen LogP contribution is 2.37. The number of carbonyl (C=O) groups excluding carboxylic acids is 2. The molecule has 29 heavy (non-hydrogen) atoms. The van der Waals surface area contributed by atoms with Gasteiger partial charge in [-0.1, -0.05) is 12.1 Å². The number of piperazine rings is 1. The predicted octanol–water partition coefficient (Wildman–Crippen LogP) is 4.49. The van der Waals surface area contributed by atoms with Crippen molar-refractivity contribution >= 4 is 34.5 Å². The minimum Gasteiger partial charge on any atom is -0.497 e. The van der Waals surface area contributed by atoms with Crippen molar-refractivity contribution in [2.75, 3.05) is 23.5 Å². The predicted molar refractivity (Wildman–Crippen MR) is 116 cm³/mol. The monoisotopic (exact) mass is 406 g/mol. The molecule has 2 amide bonds. The number of amides is 2. The van der Waals surface area contributed by atoms with Gasteiger partial charge in [0.05, 0.1) is 7.11 Å². The van der Waals surface area contributed by atoms with Crippen molar-refractivity contribution in [3.63, 3.8) is 0 Å². The van der Waals surface area contributed by atoms with Crippen LogP contribution in [-0.4, -0.2) is 25.5 Å². The Hall–Kier alpha value is -3.12. The van der Waals surface area contributed by atoms with Gasteiger partial charge in [0.25, 0.3) is 5.91 Å². The summed E-state index contributed by atoms with van der Waals surface area (Å²) in [6.45, 7) is 4.00. The Morgan fingerprint density at radius 1 is 1.03 bits per heavy atom. The SMILES string of the molecule is COc1ccc(N2C(=O)CN(c3cccc(C)c3C)C(=O)C2c2ccsc2)cc1. The number of ether oxygens (including phenoxy) is 1. The van der Waals surface area contributed by atoms with Gasteiger partial charge in [-0.15, -0.1) is 0 Å². The lowest BCUT2D eigenvalue weighted by molar-refractivity contribution is -0.128.